The van der Waals surface area contributed by atoms with Gasteiger partial charge in [0.15, 0.2) is 5.82 Å². The maximum Gasteiger partial charge on any atom is 0.294 e. The Morgan fingerprint density at radius 3 is 2.71 bits per heavy atom. The van der Waals surface area contributed by atoms with Crippen molar-refractivity contribution in [2.45, 2.75) is 19.5 Å². The molecule has 0 aliphatic rings. The highest BCUT2D eigenvalue weighted by molar-refractivity contribution is 6.01. The number of quaternary nitrogens is 1. The number of H-pyrrole nitrogens is 1. The first-order valence-electron chi connectivity index (χ1n) is 8.01. The van der Waals surface area contributed by atoms with Crippen molar-refractivity contribution < 1.29 is 9.73 Å². The average Bonchev–Trinajstić information content (AvgIpc) is 3.00. The molecule has 0 aliphatic carbocycles. The number of nitrogens with zero attached hydrogens (tertiary/aromatic N) is 1. The number of benzene rings is 2. The monoisotopic (exact) mass is 320 g/mol. The third kappa shape index (κ3) is 2.59. The molecular weight excluding hydrogens is 302 g/mol. The van der Waals surface area contributed by atoms with Gasteiger partial charge in [0, 0.05) is 10.9 Å². The molecule has 0 aliphatic heterocycles. The topological polar surface area (TPSA) is 75.5 Å². The second-order valence-electron chi connectivity index (χ2n) is 5.93. The molecule has 24 heavy (non-hydrogen) atoms. The summed E-state index contributed by atoms with van der Waals surface area (Å²) < 4.78 is 5.62. The highest BCUT2D eigenvalue weighted by Gasteiger charge is 2.14. The number of nitrogens with two attached hydrogens (primary N) is 1. The van der Waals surface area contributed by atoms with Gasteiger partial charge in [-0.1, -0.05) is 42.5 Å². The Balaban J connectivity index is 1.65. The zero-order valence-corrected chi connectivity index (χ0v) is 13.3. The summed E-state index contributed by atoms with van der Waals surface area (Å²) in [6.07, 6.45) is 0. The van der Waals surface area contributed by atoms with Crippen LogP contribution in [0.25, 0.3) is 22.1 Å². The average molecular weight is 320 g/mol. The summed E-state index contributed by atoms with van der Waals surface area (Å²) in [5.74, 6) is 0.654. The minimum Gasteiger partial charge on any atom is -0.449 e. The van der Waals surface area contributed by atoms with Gasteiger partial charge in [0.25, 0.3) is 5.56 Å². The van der Waals surface area contributed by atoms with Crippen LogP contribution in [0.3, 0.4) is 0 Å². The maximum atomic E-state index is 12.3. The molecule has 5 nitrogen and oxygen atoms in total. The molecular formula is C19H18N3O2+. The van der Waals surface area contributed by atoms with Crippen molar-refractivity contribution in [2.75, 3.05) is 0 Å². The summed E-state index contributed by atoms with van der Waals surface area (Å²) >= 11 is 0. The number of nitrogens with one attached hydrogen (secondary N) is 1. The molecule has 4 rings (SSSR count). The van der Waals surface area contributed by atoms with E-state index in [2.05, 4.69) is 34.3 Å². The van der Waals surface area contributed by atoms with Crippen molar-refractivity contribution in [1.29, 1.82) is 0 Å². The molecule has 0 spiro atoms. The van der Waals surface area contributed by atoms with E-state index in [-0.39, 0.29) is 17.2 Å². The van der Waals surface area contributed by atoms with Crippen LogP contribution in [0.4, 0.5) is 0 Å². The maximum absolute atomic E-state index is 12.3. The van der Waals surface area contributed by atoms with Gasteiger partial charge in [-0.15, -0.1) is 0 Å². The lowest BCUT2D eigenvalue weighted by atomic mass is 10.1. The number of furan rings is 1. The van der Waals surface area contributed by atoms with Gasteiger partial charge in [-0.25, -0.2) is 4.98 Å². The van der Waals surface area contributed by atoms with Gasteiger partial charge in [-0.2, -0.15) is 0 Å². The second-order valence-corrected chi connectivity index (χ2v) is 5.93. The molecule has 0 saturated carbocycles. The van der Waals surface area contributed by atoms with Gasteiger partial charge in [-0.3, -0.25) is 4.79 Å². The van der Waals surface area contributed by atoms with Crippen molar-refractivity contribution >= 4 is 22.1 Å². The number of aromatic amines is 1. The summed E-state index contributed by atoms with van der Waals surface area (Å²) in [6, 6.07) is 18.1. The van der Waals surface area contributed by atoms with Crippen molar-refractivity contribution in [3.8, 4) is 0 Å². The fourth-order valence-corrected chi connectivity index (χ4v) is 2.93. The Kier molecular flexibility index (Phi) is 3.63. The standard InChI is InChI=1S/C19H17N3O2/c1-12(13-7-3-2-4-8-13)20-11-16-21-17-14-9-5-6-10-15(14)24-18(17)19(23)22-16/h2-10,12,20H,11H2,1H3,(H,21,22,23)/p+1/t12-/m0/s1. The second kappa shape index (κ2) is 5.94. The van der Waals surface area contributed by atoms with Crippen LogP contribution in [-0.4, -0.2) is 9.97 Å². The highest BCUT2D eigenvalue weighted by Crippen LogP contribution is 2.24. The normalized spacial score (nSPS) is 12.7. The Bertz CT molecular complexity index is 1050. The van der Waals surface area contributed by atoms with Gasteiger partial charge in [0.1, 0.15) is 23.7 Å². The first-order valence-corrected chi connectivity index (χ1v) is 8.01. The van der Waals surface area contributed by atoms with E-state index in [1.165, 1.54) is 5.56 Å². The predicted molar refractivity (Wildman–Crippen MR) is 92.6 cm³/mol. The van der Waals surface area contributed by atoms with E-state index in [0.717, 1.165) is 5.39 Å². The predicted octanol–water partition coefficient (Wildman–Crippen LogP) is 2.49. The summed E-state index contributed by atoms with van der Waals surface area (Å²) in [5.41, 5.74) is 2.62. The molecule has 0 unspecified atom stereocenters. The van der Waals surface area contributed by atoms with E-state index in [1.54, 1.807) is 0 Å². The quantitative estimate of drug-likeness (QED) is 0.606. The fraction of sp³-hybridized carbons (Fsp3) is 0.158. The van der Waals surface area contributed by atoms with Crippen LogP contribution in [0.2, 0.25) is 0 Å². The molecule has 120 valence electrons. The van der Waals surface area contributed by atoms with E-state index in [0.29, 0.717) is 23.5 Å². The Labute approximate surface area is 138 Å². The fourth-order valence-electron chi connectivity index (χ4n) is 2.93. The van der Waals surface area contributed by atoms with E-state index < -0.39 is 0 Å². The Morgan fingerprint density at radius 1 is 1.12 bits per heavy atom. The van der Waals surface area contributed by atoms with Crippen molar-refractivity contribution in [3.05, 3.63) is 76.3 Å². The van der Waals surface area contributed by atoms with Crippen molar-refractivity contribution in [1.82, 2.24) is 9.97 Å². The molecule has 0 amide bonds. The van der Waals surface area contributed by atoms with Crippen LogP contribution in [0, 0.1) is 0 Å². The number of hydrogen-bond acceptors (Lipinski definition) is 3. The molecule has 4 aromatic rings. The van der Waals surface area contributed by atoms with Gasteiger partial charge in [0.2, 0.25) is 5.58 Å². The lowest BCUT2D eigenvalue weighted by Gasteiger charge is -2.10. The lowest BCUT2D eigenvalue weighted by molar-refractivity contribution is -0.708. The molecule has 0 saturated heterocycles. The number of fused-ring (bicyclic) bond motifs is 3. The molecule has 2 heterocycles. The number of rotatable bonds is 4. The van der Waals surface area contributed by atoms with Crippen LogP contribution in [0.5, 0.6) is 0 Å². The minimum absolute atomic E-state index is 0.230. The van der Waals surface area contributed by atoms with E-state index >= 15 is 0 Å². The van der Waals surface area contributed by atoms with Gasteiger partial charge >= 0.3 is 0 Å². The van der Waals surface area contributed by atoms with E-state index in [1.807, 2.05) is 42.5 Å². The molecule has 5 heteroatoms. The number of aromatic nitrogens is 2. The van der Waals surface area contributed by atoms with Crippen LogP contribution < -0.4 is 10.9 Å². The molecule has 0 fully saturated rings. The van der Waals surface area contributed by atoms with Crippen LogP contribution >= 0.6 is 0 Å². The summed E-state index contributed by atoms with van der Waals surface area (Å²) in [6.45, 7) is 2.74. The molecule has 3 N–H and O–H groups in total. The van der Waals surface area contributed by atoms with Crippen molar-refractivity contribution in [3.63, 3.8) is 0 Å². The zero-order valence-electron chi connectivity index (χ0n) is 13.3. The molecule has 2 aromatic heterocycles. The number of hydrogen-bond donors (Lipinski definition) is 2. The van der Waals surface area contributed by atoms with Gasteiger partial charge < -0.3 is 14.7 Å². The summed E-state index contributed by atoms with van der Waals surface area (Å²) in [5, 5.41) is 3.03. The SMILES string of the molecule is C[C@H]([NH2+]Cc1nc2c(oc3ccccc32)c(=O)[nH]1)c1ccccc1. The van der Waals surface area contributed by atoms with Crippen LogP contribution in [-0.2, 0) is 6.54 Å². The molecule has 0 radical (unpaired) electrons. The van der Waals surface area contributed by atoms with E-state index in [4.69, 9.17) is 4.42 Å². The Hall–Kier alpha value is -2.92. The molecule has 2 aromatic carbocycles. The van der Waals surface area contributed by atoms with Gasteiger partial charge in [-0.05, 0) is 19.1 Å². The number of para-hydroxylation sites is 1. The zero-order chi connectivity index (χ0) is 16.5. The largest absolute Gasteiger partial charge is 0.449 e. The Morgan fingerprint density at radius 2 is 1.88 bits per heavy atom. The van der Waals surface area contributed by atoms with Crippen molar-refractivity contribution in [2.24, 2.45) is 0 Å². The smallest absolute Gasteiger partial charge is 0.294 e. The summed E-state index contributed by atoms with van der Waals surface area (Å²) in [7, 11) is 0. The van der Waals surface area contributed by atoms with E-state index in [9.17, 15) is 4.79 Å². The lowest BCUT2D eigenvalue weighted by Crippen LogP contribution is -2.83. The van der Waals surface area contributed by atoms with Crippen LogP contribution in [0.1, 0.15) is 24.4 Å². The molecule has 0 bridgehead atoms. The molecule has 1 atom stereocenters. The summed E-state index contributed by atoms with van der Waals surface area (Å²) in [4.78, 5) is 19.7. The highest BCUT2D eigenvalue weighted by atomic mass is 16.3. The van der Waals surface area contributed by atoms with Gasteiger partial charge in [0.05, 0.1) is 0 Å². The first-order chi connectivity index (χ1) is 11.7. The minimum atomic E-state index is -0.230. The third-order valence-electron chi connectivity index (χ3n) is 4.27. The van der Waals surface area contributed by atoms with Crippen LogP contribution in [0.15, 0.2) is 63.8 Å². The first kappa shape index (κ1) is 14.7. The third-order valence-corrected chi connectivity index (χ3v) is 4.27.